The smallest absolute Gasteiger partial charge is 0.356 e. The van der Waals surface area contributed by atoms with E-state index in [9.17, 15) is 4.79 Å². The third-order valence-electron chi connectivity index (χ3n) is 1.94. The van der Waals surface area contributed by atoms with Crippen molar-refractivity contribution >= 4 is 28.6 Å². The predicted molar refractivity (Wildman–Crippen MR) is 55.9 cm³/mol. The topological polar surface area (TPSA) is 52.1 Å². The zero-order chi connectivity index (χ0) is 10.8. The van der Waals surface area contributed by atoms with Gasteiger partial charge in [0.25, 0.3) is 0 Å². The van der Waals surface area contributed by atoms with Crippen molar-refractivity contribution in [2.45, 2.75) is 0 Å². The van der Waals surface area contributed by atoms with Gasteiger partial charge in [-0.25, -0.2) is 14.8 Å². The van der Waals surface area contributed by atoms with Crippen molar-refractivity contribution in [3.63, 3.8) is 0 Å². The SMILES string of the molecule is COC(=O)c1ccc2c(Cl)ccnc2n1. The zero-order valence-electron chi connectivity index (χ0n) is 7.90. The monoisotopic (exact) mass is 222 g/mol. The lowest BCUT2D eigenvalue weighted by Crippen LogP contribution is -2.04. The molecule has 0 spiro atoms. The number of hydrogen-bond acceptors (Lipinski definition) is 4. The van der Waals surface area contributed by atoms with Gasteiger partial charge < -0.3 is 4.74 Å². The Labute approximate surface area is 90.9 Å². The third kappa shape index (κ3) is 1.76. The molecule has 15 heavy (non-hydrogen) atoms. The summed E-state index contributed by atoms with van der Waals surface area (Å²) in [6.07, 6.45) is 1.54. The lowest BCUT2D eigenvalue weighted by Gasteiger charge is -2.01. The molecule has 76 valence electrons. The highest BCUT2D eigenvalue weighted by Crippen LogP contribution is 2.20. The molecule has 0 saturated heterocycles. The van der Waals surface area contributed by atoms with E-state index in [1.165, 1.54) is 7.11 Å². The van der Waals surface area contributed by atoms with Gasteiger partial charge in [0, 0.05) is 11.6 Å². The van der Waals surface area contributed by atoms with Crippen molar-refractivity contribution < 1.29 is 9.53 Å². The van der Waals surface area contributed by atoms with Crippen LogP contribution in [0.2, 0.25) is 5.02 Å². The molecule has 2 heterocycles. The molecule has 0 N–H and O–H groups in total. The summed E-state index contributed by atoms with van der Waals surface area (Å²) < 4.78 is 4.55. The molecular weight excluding hydrogens is 216 g/mol. The number of aromatic nitrogens is 2. The summed E-state index contributed by atoms with van der Waals surface area (Å²) in [6.45, 7) is 0. The molecular formula is C10H7ClN2O2. The van der Waals surface area contributed by atoms with Crippen LogP contribution in [0.1, 0.15) is 10.5 Å². The zero-order valence-corrected chi connectivity index (χ0v) is 8.65. The fourth-order valence-corrected chi connectivity index (χ4v) is 1.42. The maximum Gasteiger partial charge on any atom is 0.356 e. The Morgan fingerprint density at radius 2 is 2.20 bits per heavy atom. The molecule has 0 aliphatic heterocycles. The van der Waals surface area contributed by atoms with E-state index in [2.05, 4.69) is 14.7 Å². The summed E-state index contributed by atoms with van der Waals surface area (Å²) in [5.74, 6) is -0.487. The maximum absolute atomic E-state index is 11.2. The lowest BCUT2D eigenvalue weighted by atomic mass is 10.2. The van der Waals surface area contributed by atoms with Gasteiger partial charge in [-0.2, -0.15) is 0 Å². The number of hydrogen-bond donors (Lipinski definition) is 0. The molecule has 2 aromatic rings. The van der Waals surface area contributed by atoms with Crippen LogP contribution in [0.25, 0.3) is 11.0 Å². The lowest BCUT2D eigenvalue weighted by molar-refractivity contribution is 0.0594. The second-order valence-corrected chi connectivity index (χ2v) is 3.26. The summed E-state index contributed by atoms with van der Waals surface area (Å²) in [7, 11) is 1.31. The molecule has 0 atom stereocenters. The van der Waals surface area contributed by atoms with Crippen LogP contribution in [-0.2, 0) is 4.74 Å². The maximum atomic E-state index is 11.2. The minimum Gasteiger partial charge on any atom is -0.464 e. The second kappa shape index (κ2) is 3.82. The normalized spacial score (nSPS) is 10.3. The summed E-state index contributed by atoms with van der Waals surface area (Å²) in [6, 6.07) is 4.93. The molecule has 0 amide bonds. The number of carbonyl (C=O) groups is 1. The first-order valence-electron chi connectivity index (χ1n) is 4.22. The Morgan fingerprint density at radius 3 is 2.93 bits per heavy atom. The third-order valence-corrected chi connectivity index (χ3v) is 2.27. The number of carbonyl (C=O) groups excluding carboxylic acids is 1. The quantitative estimate of drug-likeness (QED) is 0.693. The molecule has 0 fully saturated rings. The summed E-state index contributed by atoms with van der Waals surface area (Å²) >= 11 is 5.93. The van der Waals surface area contributed by atoms with E-state index in [0.29, 0.717) is 16.1 Å². The van der Waals surface area contributed by atoms with Crippen molar-refractivity contribution in [3.8, 4) is 0 Å². The Hall–Kier alpha value is -1.68. The van der Waals surface area contributed by atoms with Gasteiger partial charge in [0.2, 0.25) is 0 Å². The largest absolute Gasteiger partial charge is 0.464 e. The number of halogens is 1. The van der Waals surface area contributed by atoms with Crippen molar-refractivity contribution in [3.05, 3.63) is 35.1 Å². The first-order valence-corrected chi connectivity index (χ1v) is 4.60. The number of fused-ring (bicyclic) bond motifs is 1. The number of rotatable bonds is 1. The highest BCUT2D eigenvalue weighted by molar-refractivity contribution is 6.35. The van der Waals surface area contributed by atoms with Crippen molar-refractivity contribution in [1.82, 2.24) is 9.97 Å². The van der Waals surface area contributed by atoms with E-state index < -0.39 is 5.97 Å². The van der Waals surface area contributed by atoms with Crippen LogP contribution in [0.4, 0.5) is 0 Å². The fourth-order valence-electron chi connectivity index (χ4n) is 1.21. The molecule has 0 bridgehead atoms. The van der Waals surface area contributed by atoms with Gasteiger partial charge in [0.1, 0.15) is 0 Å². The van der Waals surface area contributed by atoms with E-state index in [0.717, 1.165) is 0 Å². The van der Waals surface area contributed by atoms with E-state index in [-0.39, 0.29) is 5.69 Å². The van der Waals surface area contributed by atoms with Crippen LogP contribution in [0.5, 0.6) is 0 Å². The highest BCUT2D eigenvalue weighted by atomic mass is 35.5. The first kappa shape index (κ1) is 9.86. The van der Waals surface area contributed by atoms with Crippen LogP contribution < -0.4 is 0 Å². The van der Waals surface area contributed by atoms with Gasteiger partial charge in [-0.3, -0.25) is 0 Å². The molecule has 0 aromatic carbocycles. The van der Waals surface area contributed by atoms with Gasteiger partial charge in [-0.05, 0) is 18.2 Å². The second-order valence-electron chi connectivity index (χ2n) is 2.85. The van der Waals surface area contributed by atoms with Crippen LogP contribution in [0, 0.1) is 0 Å². The highest BCUT2D eigenvalue weighted by Gasteiger charge is 2.09. The van der Waals surface area contributed by atoms with Gasteiger partial charge in [0.05, 0.1) is 12.1 Å². The van der Waals surface area contributed by atoms with Crippen molar-refractivity contribution in [2.24, 2.45) is 0 Å². The van der Waals surface area contributed by atoms with E-state index in [4.69, 9.17) is 11.6 Å². The Balaban J connectivity index is 2.62. The number of esters is 1. The van der Waals surface area contributed by atoms with Crippen LogP contribution >= 0.6 is 11.6 Å². The predicted octanol–water partition coefficient (Wildman–Crippen LogP) is 2.07. The molecule has 0 radical (unpaired) electrons. The number of nitrogens with zero attached hydrogens (tertiary/aromatic N) is 2. The van der Waals surface area contributed by atoms with Crippen LogP contribution in [0.3, 0.4) is 0 Å². The molecule has 5 heteroatoms. The average Bonchev–Trinajstić information content (AvgIpc) is 2.28. The molecule has 0 aliphatic rings. The fraction of sp³-hybridized carbons (Fsp3) is 0.100. The Morgan fingerprint density at radius 1 is 1.40 bits per heavy atom. The first-order chi connectivity index (χ1) is 7.22. The number of ether oxygens (including phenoxy) is 1. The van der Waals surface area contributed by atoms with Gasteiger partial charge in [-0.1, -0.05) is 11.6 Å². The Kier molecular flexibility index (Phi) is 2.51. The van der Waals surface area contributed by atoms with E-state index in [1.54, 1.807) is 24.4 Å². The summed E-state index contributed by atoms with van der Waals surface area (Å²) in [4.78, 5) is 19.2. The number of methoxy groups -OCH3 is 1. The minimum atomic E-state index is -0.487. The molecule has 0 aliphatic carbocycles. The standard InChI is InChI=1S/C10H7ClN2O2/c1-15-10(14)8-3-2-6-7(11)4-5-12-9(6)13-8/h2-5H,1H3. The summed E-state index contributed by atoms with van der Waals surface area (Å²) in [5, 5.41) is 1.27. The molecule has 0 unspecified atom stereocenters. The Bertz CT molecular complexity index is 528. The molecule has 2 aromatic heterocycles. The van der Waals surface area contributed by atoms with E-state index in [1.807, 2.05) is 0 Å². The number of pyridine rings is 2. The average molecular weight is 223 g/mol. The van der Waals surface area contributed by atoms with Gasteiger partial charge in [-0.15, -0.1) is 0 Å². The van der Waals surface area contributed by atoms with Crippen molar-refractivity contribution in [1.29, 1.82) is 0 Å². The minimum absolute atomic E-state index is 0.222. The van der Waals surface area contributed by atoms with Crippen molar-refractivity contribution in [2.75, 3.05) is 7.11 Å². The van der Waals surface area contributed by atoms with Crippen LogP contribution in [0.15, 0.2) is 24.4 Å². The summed E-state index contributed by atoms with van der Waals surface area (Å²) in [5.41, 5.74) is 0.658. The molecule has 4 nitrogen and oxygen atoms in total. The van der Waals surface area contributed by atoms with E-state index >= 15 is 0 Å². The molecule has 0 saturated carbocycles. The van der Waals surface area contributed by atoms with Gasteiger partial charge in [0.15, 0.2) is 11.3 Å². The molecule has 2 rings (SSSR count). The van der Waals surface area contributed by atoms with Crippen LogP contribution in [-0.4, -0.2) is 23.0 Å². The van der Waals surface area contributed by atoms with Gasteiger partial charge >= 0.3 is 5.97 Å².